The summed E-state index contributed by atoms with van der Waals surface area (Å²) in [5.41, 5.74) is 2.06. The van der Waals surface area contributed by atoms with Crippen LogP contribution in [0, 0.1) is 13.8 Å². The molecule has 0 heterocycles. The van der Waals surface area contributed by atoms with Gasteiger partial charge in [-0.15, -0.1) is 0 Å². The van der Waals surface area contributed by atoms with Gasteiger partial charge in [-0.25, -0.2) is 0 Å². The fourth-order valence-corrected chi connectivity index (χ4v) is 1.64. The van der Waals surface area contributed by atoms with Gasteiger partial charge in [-0.1, -0.05) is 30.3 Å². The summed E-state index contributed by atoms with van der Waals surface area (Å²) < 4.78 is 0. The van der Waals surface area contributed by atoms with Crippen molar-refractivity contribution >= 4 is 10.8 Å². The third-order valence-corrected chi connectivity index (χ3v) is 2.43. The monoisotopic (exact) mass is 262 g/mol. The van der Waals surface area contributed by atoms with Crippen LogP contribution in [0.25, 0.3) is 10.8 Å². The average Bonchev–Trinajstić information content (AvgIpc) is 2.12. The van der Waals surface area contributed by atoms with Crippen LogP contribution in [-0.2, 0) is 26.2 Å². The van der Waals surface area contributed by atoms with Gasteiger partial charge in [-0.3, -0.25) is 0 Å². The molecule has 0 atom stereocenters. The van der Waals surface area contributed by atoms with Crippen LogP contribution in [0.2, 0.25) is 0 Å². The third kappa shape index (κ3) is 1.76. The van der Waals surface area contributed by atoms with Crippen molar-refractivity contribution in [2.75, 3.05) is 0 Å². The van der Waals surface area contributed by atoms with Crippen LogP contribution >= 0.6 is 0 Å². The minimum atomic E-state index is 0. The Morgan fingerprint density at radius 3 is 2.36 bits per heavy atom. The van der Waals surface area contributed by atoms with Crippen LogP contribution in [0.5, 0.6) is 5.75 Å². The smallest absolute Gasteiger partial charge is 0.126 e. The number of hydrogen-bond acceptors (Lipinski definition) is 1. The average molecular weight is 263 g/mol. The molecule has 0 amide bonds. The Labute approximate surface area is 103 Å². The predicted molar refractivity (Wildman–Crippen MR) is 55.1 cm³/mol. The molecular formula is C12H12OZr. The molecule has 14 heavy (non-hydrogen) atoms. The van der Waals surface area contributed by atoms with Crippen molar-refractivity contribution in [3.63, 3.8) is 0 Å². The first-order chi connectivity index (χ1) is 6.20. The van der Waals surface area contributed by atoms with Gasteiger partial charge < -0.3 is 5.11 Å². The topological polar surface area (TPSA) is 20.2 Å². The number of rotatable bonds is 0. The molecule has 0 aromatic heterocycles. The molecule has 0 aliphatic heterocycles. The SMILES string of the molecule is Cc1ccc2cccc(C)c2c1O.[Zr]. The summed E-state index contributed by atoms with van der Waals surface area (Å²) >= 11 is 0. The molecule has 0 spiro atoms. The van der Waals surface area contributed by atoms with E-state index < -0.39 is 0 Å². The molecule has 70 valence electrons. The number of phenolic OH excluding ortho intramolecular Hbond substituents is 1. The Bertz CT molecular complexity index is 463. The maximum Gasteiger partial charge on any atom is 0.126 e. The second-order valence-electron chi connectivity index (χ2n) is 3.40. The Kier molecular flexibility index (Phi) is 3.50. The number of fused-ring (bicyclic) bond motifs is 1. The summed E-state index contributed by atoms with van der Waals surface area (Å²) in [5.74, 6) is 0.413. The first-order valence-corrected chi connectivity index (χ1v) is 4.38. The summed E-state index contributed by atoms with van der Waals surface area (Å²) in [4.78, 5) is 0. The van der Waals surface area contributed by atoms with Crippen LogP contribution in [-0.4, -0.2) is 5.11 Å². The molecule has 2 aromatic carbocycles. The largest absolute Gasteiger partial charge is 0.507 e. The van der Waals surface area contributed by atoms with Gasteiger partial charge in [-0.2, -0.15) is 0 Å². The summed E-state index contributed by atoms with van der Waals surface area (Å²) in [6, 6.07) is 10.0. The molecule has 0 aliphatic carbocycles. The van der Waals surface area contributed by atoms with E-state index >= 15 is 0 Å². The maximum absolute atomic E-state index is 9.84. The van der Waals surface area contributed by atoms with E-state index in [1.165, 1.54) is 0 Å². The molecule has 0 bridgehead atoms. The fourth-order valence-electron chi connectivity index (χ4n) is 1.64. The molecule has 0 saturated carbocycles. The Hall–Kier alpha value is -0.617. The second-order valence-corrected chi connectivity index (χ2v) is 3.40. The molecule has 1 nitrogen and oxygen atoms in total. The third-order valence-electron chi connectivity index (χ3n) is 2.43. The predicted octanol–water partition coefficient (Wildman–Crippen LogP) is 3.16. The normalized spacial score (nSPS) is 9.86. The van der Waals surface area contributed by atoms with Crippen LogP contribution in [0.15, 0.2) is 30.3 Å². The molecule has 1 N–H and O–H groups in total. The van der Waals surface area contributed by atoms with Gasteiger partial charge in [0.15, 0.2) is 0 Å². The van der Waals surface area contributed by atoms with Gasteiger partial charge in [0.1, 0.15) is 5.75 Å². The number of hydrogen-bond donors (Lipinski definition) is 1. The van der Waals surface area contributed by atoms with Crippen molar-refractivity contribution in [3.8, 4) is 5.75 Å². The minimum absolute atomic E-state index is 0. The van der Waals surface area contributed by atoms with Crippen molar-refractivity contribution in [1.82, 2.24) is 0 Å². The van der Waals surface area contributed by atoms with E-state index in [1.54, 1.807) is 0 Å². The minimum Gasteiger partial charge on any atom is -0.507 e. The quantitative estimate of drug-likeness (QED) is 0.774. The van der Waals surface area contributed by atoms with E-state index in [1.807, 2.05) is 44.2 Å². The number of phenols is 1. The van der Waals surface area contributed by atoms with Crippen LogP contribution in [0.3, 0.4) is 0 Å². The van der Waals surface area contributed by atoms with Gasteiger partial charge in [0.25, 0.3) is 0 Å². The zero-order valence-electron chi connectivity index (χ0n) is 8.33. The van der Waals surface area contributed by atoms with Gasteiger partial charge in [0.05, 0.1) is 0 Å². The first-order valence-electron chi connectivity index (χ1n) is 4.38. The van der Waals surface area contributed by atoms with E-state index in [0.717, 1.165) is 21.9 Å². The summed E-state index contributed by atoms with van der Waals surface area (Å²) in [7, 11) is 0. The first kappa shape index (κ1) is 11.5. The molecule has 0 unspecified atom stereocenters. The molecule has 0 saturated heterocycles. The standard InChI is InChI=1S/C12H12O.Zr/c1-8-4-3-5-10-7-6-9(2)12(13)11(8)10;/h3-7,13H,1-2H3;. The van der Waals surface area contributed by atoms with Crippen molar-refractivity contribution in [2.24, 2.45) is 0 Å². The number of aromatic hydroxyl groups is 1. The van der Waals surface area contributed by atoms with Gasteiger partial charge in [0, 0.05) is 31.6 Å². The van der Waals surface area contributed by atoms with Crippen molar-refractivity contribution in [3.05, 3.63) is 41.5 Å². The summed E-state index contributed by atoms with van der Waals surface area (Å²) in [5, 5.41) is 11.9. The van der Waals surface area contributed by atoms with Gasteiger partial charge >= 0.3 is 0 Å². The van der Waals surface area contributed by atoms with Crippen LogP contribution < -0.4 is 0 Å². The van der Waals surface area contributed by atoms with Crippen molar-refractivity contribution in [1.29, 1.82) is 0 Å². The van der Waals surface area contributed by atoms with Crippen LogP contribution in [0.1, 0.15) is 11.1 Å². The Balaban J connectivity index is 0.000000980. The van der Waals surface area contributed by atoms with Crippen LogP contribution in [0.4, 0.5) is 0 Å². The number of benzene rings is 2. The van der Waals surface area contributed by atoms with Crippen molar-refractivity contribution < 1.29 is 31.3 Å². The van der Waals surface area contributed by atoms with Gasteiger partial charge in [-0.05, 0) is 30.4 Å². The number of aryl methyl sites for hydroxylation is 2. The van der Waals surface area contributed by atoms with Gasteiger partial charge in [0.2, 0.25) is 0 Å². The van der Waals surface area contributed by atoms with Crippen molar-refractivity contribution in [2.45, 2.75) is 13.8 Å². The molecule has 2 rings (SSSR count). The van der Waals surface area contributed by atoms with E-state index in [-0.39, 0.29) is 26.2 Å². The molecule has 0 radical (unpaired) electrons. The molecule has 2 heteroatoms. The Morgan fingerprint density at radius 1 is 0.929 bits per heavy atom. The van der Waals surface area contributed by atoms with E-state index in [9.17, 15) is 5.11 Å². The molecule has 0 aliphatic rings. The zero-order valence-corrected chi connectivity index (χ0v) is 10.8. The fraction of sp³-hybridized carbons (Fsp3) is 0.167. The van der Waals surface area contributed by atoms with E-state index in [0.29, 0.717) is 5.75 Å². The maximum atomic E-state index is 9.84. The van der Waals surface area contributed by atoms with E-state index in [4.69, 9.17) is 0 Å². The summed E-state index contributed by atoms with van der Waals surface area (Å²) in [6.07, 6.45) is 0. The van der Waals surface area contributed by atoms with E-state index in [2.05, 4.69) is 0 Å². The second kappa shape index (κ2) is 4.27. The Morgan fingerprint density at radius 2 is 1.64 bits per heavy atom. The summed E-state index contributed by atoms with van der Waals surface area (Å²) in [6.45, 7) is 3.93. The molecular weight excluding hydrogens is 251 g/mol. The zero-order chi connectivity index (χ0) is 9.42. The molecule has 2 aromatic rings. The molecule has 0 fully saturated rings.